The predicted octanol–water partition coefficient (Wildman–Crippen LogP) is 8.99. The van der Waals surface area contributed by atoms with Crippen LogP contribution in [-0.4, -0.2) is 11.1 Å². The molecule has 186 valence electrons. The fraction of sp³-hybridized carbons (Fsp3) is 0.147. The van der Waals surface area contributed by atoms with Crippen LogP contribution in [0, 0.1) is 13.8 Å². The van der Waals surface area contributed by atoms with Gasteiger partial charge >= 0.3 is 5.97 Å². The minimum absolute atomic E-state index is 0.321. The summed E-state index contributed by atoms with van der Waals surface area (Å²) >= 11 is 0. The van der Waals surface area contributed by atoms with Gasteiger partial charge in [-0.15, -0.1) is 0 Å². The highest BCUT2D eigenvalue weighted by Gasteiger charge is 2.13. The highest BCUT2D eigenvalue weighted by atomic mass is 16.4. The summed E-state index contributed by atoms with van der Waals surface area (Å²) in [6.45, 7) is 8.00. The Bertz CT molecular complexity index is 1380. The van der Waals surface area contributed by atoms with E-state index in [0.29, 0.717) is 5.57 Å². The van der Waals surface area contributed by atoms with Gasteiger partial charge in [-0.1, -0.05) is 84.8 Å². The third kappa shape index (κ3) is 6.45. The molecule has 0 heterocycles. The largest absolute Gasteiger partial charge is 0.478 e. The molecule has 4 aromatic rings. The van der Waals surface area contributed by atoms with Gasteiger partial charge < -0.3 is 10.0 Å². The Kier molecular flexibility index (Phi) is 8.05. The molecule has 0 saturated heterocycles. The Balaban J connectivity index is 1.64. The highest BCUT2D eigenvalue weighted by Crippen LogP contribution is 2.36. The molecular weight excluding hydrogens is 454 g/mol. The van der Waals surface area contributed by atoms with Crippen LogP contribution in [0.5, 0.6) is 0 Å². The lowest BCUT2D eigenvalue weighted by atomic mass is 10.0. The van der Waals surface area contributed by atoms with Gasteiger partial charge in [0.15, 0.2) is 0 Å². The quantitative estimate of drug-likeness (QED) is 0.199. The van der Waals surface area contributed by atoms with Crippen molar-refractivity contribution in [2.75, 3.05) is 4.90 Å². The molecule has 1 N–H and O–H groups in total. The molecule has 0 aliphatic rings. The molecule has 3 nitrogen and oxygen atoms in total. The maximum Gasteiger partial charge on any atom is 0.331 e. The van der Waals surface area contributed by atoms with E-state index in [2.05, 4.69) is 105 Å². The molecule has 3 heteroatoms. The van der Waals surface area contributed by atoms with Crippen molar-refractivity contribution in [3.05, 3.63) is 130 Å². The molecule has 0 radical (unpaired) electrons. The molecule has 0 aromatic heterocycles. The van der Waals surface area contributed by atoms with Gasteiger partial charge in [-0.05, 0) is 91.9 Å². The van der Waals surface area contributed by atoms with Gasteiger partial charge in [0.05, 0.1) is 0 Å². The SMILES string of the molecule is CCc1cc(N(c2ccc(C)cc2)c2ccc(C)cc2)ccc1C=Cc1ccc(/C=C(\C)C(=O)O)cc1. The molecule has 0 unspecified atom stereocenters. The van der Waals surface area contributed by atoms with Crippen LogP contribution in [0.4, 0.5) is 17.1 Å². The summed E-state index contributed by atoms with van der Waals surface area (Å²) in [7, 11) is 0. The van der Waals surface area contributed by atoms with E-state index in [1.807, 2.05) is 24.3 Å². The molecule has 0 fully saturated rings. The van der Waals surface area contributed by atoms with E-state index in [9.17, 15) is 4.79 Å². The summed E-state index contributed by atoms with van der Waals surface area (Å²) < 4.78 is 0. The average Bonchev–Trinajstić information content (AvgIpc) is 2.90. The van der Waals surface area contributed by atoms with E-state index in [4.69, 9.17) is 5.11 Å². The van der Waals surface area contributed by atoms with E-state index in [-0.39, 0.29) is 0 Å². The zero-order valence-electron chi connectivity index (χ0n) is 21.9. The molecule has 0 bridgehead atoms. The average molecular weight is 488 g/mol. The number of carboxylic acid groups (broad SMARTS) is 1. The van der Waals surface area contributed by atoms with Crippen molar-refractivity contribution in [1.82, 2.24) is 0 Å². The molecule has 0 aliphatic carbocycles. The van der Waals surface area contributed by atoms with Gasteiger partial charge in [-0.3, -0.25) is 0 Å². The van der Waals surface area contributed by atoms with Crippen LogP contribution in [0.25, 0.3) is 18.2 Å². The van der Waals surface area contributed by atoms with Crippen LogP contribution in [0.2, 0.25) is 0 Å². The van der Waals surface area contributed by atoms with Crippen molar-refractivity contribution >= 4 is 41.3 Å². The first-order valence-electron chi connectivity index (χ1n) is 12.6. The second-order valence-corrected chi connectivity index (χ2v) is 9.38. The Labute approximate surface area is 220 Å². The first kappa shape index (κ1) is 25.7. The van der Waals surface area contributed by atoms with Gasteiger partial charge in [0, 0.05) is 22.6 Å². The summed E-state index contributed by atoms with van der Waals surface area (Å²) in [5.41, 5.74) is 10.6. The van der Waals surface area contributed by atoms with E-state index in [1.165, 1.54) is 22.3 Å². The number of hydrogen-bond acceptors (Lipinski definition) is 2. The molecular formula is C34H33NO2. The van der Waals surface area contributed by atoms with E-state index in [1.54, 1.807) is 13.0 Å². The lowest BCUT2D eigenvalue weighted by Gasteiger charge is -2.26. The molecule has 0 amide bonds. The number of rotatable bonds is 8. The number of carbonyl (C=O) groups is 1. The number of aliphatic carboxylic acids is 1. The lowest BCUT2D eigenvalue weighted by molar-refractivity contribution is -0.132. The number of anilines is 3. The summed E-state index contributed by atoms with van der Waals surface area (Å²) in [6, 6.07) is 31.8. The number of benzene rings is 4. The minimum Gasteiger partial charge on any atom is -0.478 e. The molecule has 0 saturated carbocycles. The van der Waals surface area contributed by atoms with Crippen LogP contribution >= 0.6 is 0 Å². The number of nitrogens with zero attached hydrogens (tertiary/aromatic N) is 1. The van der Waals surface area contributed by atoms with Gasteiger partial charge in [0.25, 0.3) is 0 Å². The van der Waals surface area contributed by atoms with Gasteiger partial charge in [0.1, 0.15) is 0 Å². The van der Waals surface area contributed by atoms with E-state index < -0.39 is 5.97 Å². The van der Waals surface area contributed by atoms with Crippen LogP contribution in [0.1, 0.15) is 47.2 Å². The Morgan fingerprint density at radius 3 is 1.76 bits per heavy atom. The molecule has 4 aromatic carbocycles. The van der Waals surface area contributed by atoms with Crippen molar-refractivity contribution in [3.8, 4) is 0 Å². The zero-order valence-corrected chi connectivity index (χ0v) is 21.9. The molecule has 37 heavy (non-hydrogen) atoms. The fourth-order valence-electron chi connectivity index (χ4n) is 4.24. The summed E-state index contributed by atoms with van der Waals surface area (Å²) in [6.07, 6.45) is 6.85. The molecule has 0 spiro atoms. The lowest BCUT2D eigenvalue weighted by Crippen LogP contribution is -2.10. The predicted molar refractivity (Wildman–Crippen MR) is 157 cm³/mol. The fourth-order valence-corrected chi connectivity index (χ4v) is 4.24. The minimum atomic E-state index is -0.900. The number of aryl methyl sites for hydroxylation is 3. The van der Waals surface area contributed by atoms with Crippen molar-refractivity contribution in [3.63, 3.8) is 0 Å². The third-order valence-electron chi connectivity index (χ3n) is 6.46. The number of carboxylic acids is 1. The van der Waals surface area contributed by atoms with Crippen LogP contribution in [-0.2, 0) is 11.2 Å². The van der Waals surface area contributed by atoms with Crippen molar-refractivity contribution in [2.45, 2.75) is 34.1 Å². The van der Waals surface area contributed by atoms with Crippen LogP contribution in [0.15, 0.2) is 96.6 Å². The normalized spacial score (nSPS) is 11.6. The summed E-state index contributed by atoms with van der Waals surface area (Å²) in [5, 5.41) is 9.08. The standard InChI is InChI=1S/C34H33NO2/c1-5-29-23-33(35(31-17-6-24(2)7-18-31)32-19-8-25(3)9-20-32)21-16-30(29)15-14-27-10-12-28(13-11-27)22-26(4)34(36)37/h6-23H,5H2,1-4H3,(H,36,37)/b15-14?,26-22+. The topological polar surface area (TPSA) is 40.5 Å². The molecule has 4 rings (SSSR count). The van der Waals surface area contributed by atoms with Gasteiger partial charge in [-0.25, -0.2) is 4.79 Å². The van der Waals surface area contributed by atoms with Crippen molar-refractivity contribution in [2.24, 2.45) is 0 Å². The van der Waals surface area contributed by atoms with E-state index in [0.717, 1.165) is 34.6 Å². The van der Waals surface area contributed by atoms with Gasteiger partial charge in [-0.2, -0.15) is 0 Å². The summed E-state index contributed by atoms with van der Waals surface area (Å²) in [5.74, 6) is -0.900. The number of hydrogen-bond donors (Lipinski definition) is 1. The molecule has 0 atom stereocenters. The Hall–Kier alpha value is -4.37. The first-order chi connectivity index (χ1) is 17.8. The van der Waals surface area contributed by atoms with Crippen molar-refractivity contribution in [1.29, 1.82) is 0 Å². The molecule has 0 aliphatic heterocycles. The van der Waals surface area contributed by atoms with Crippen molar-refractivity contribution < 1.29 is 9.90 Å². The summed E-state index contributed by atoms with van der Waals surface area (Å²) in [4.78, 5) is 13.4. The third-order valence-corrected chi connectivity index (χ3v) is 6.46. The van der Waals surface area contributed by atoms with E-state index >= 15 is 0 Å². The van der Waals surface area contributed by atoms with Crippen LogP contribution in [0.3, 0.4) is 0 Å². The maximum atomic E-state index is 11.1. The van der Waals surface area contributed by atoms with Crippen LogP contribution < -0.4 is 4.90 Å². The second kappa shape index (κ2) is 11.6. The Morgan fingerprint density at radius 2 is 1.24 bits per heavy atom. The zero-order chi connectivity index (χ0) is 26.4. The maximum absolute atomic E-state index is 11.1. The highest BCUT2D eigenvalue weighted by molar-refractivity contribution is 5.91. The second-order valence-electron chi connectivity index (χ2n) is 9.38. The smallest absolute Gasteiger partial charge is 0.331 e. The Morgan fingerprint density at radius 1 is 0.730 bits per heavy atom. The van der Waals surface area contributed by atoms with Gasteiger partial charge in [0.2, 0.25) is 0 Å². The first-order valence-corrected chi connectivity index (χ1v) is 12.6. The monoisotopic (exact) mass is 487 g/mol.